The number of fused-ring (bicyclic) bond motifs is 4. The van der Waals surface area contributed by atoms with E-state index in [1.807, 2.05) is 18.2 Å². The molecule has 4 fully saturated rings. The van der Waals surface area contributed by atoms with Crippen LogP contribution >= 0.6 is 11.5 Å². The average molecular weight is 357 g/mol. The van der Waals surface area contributed by atoms with Gasteiger partial charge in [-0.2, -0.15) is 4.37 Å². The van der Waals surface area contributed by atoms with E-state index in [0.717, 1.165) is 34.9 Å². The van der Waals surface area contributed by atoms with Gasteiger partial charge in [0.25, 0.3) is 5.91 Å². The summed E-state index contributed by atoms with van der Waals surface area (Å²) in [5.41, 5.74) is 0.560. The van der Waals surface area contributed by atoms with Crippen molar-refractivity contribution in [3.8, 4) is 5.75 Å². The normalized spacial score (nSPS) is 28.2. The van der Waals surface area contributed by atoms with Crippen LogP contribution in [0.25, 0.3) is 10.1 Å². The van der Waals surface area contributed by atoms with Crippen molar-refractivity contribution in [1.82, 2.24) is 14.6 Å². The fraction of sp³-hybridized carbons (Fsp3) is 0.579. The van der Waals surface area contributed by atoms with Crippen molar-refractivity contribution in [2.75, 3.05) is 26.2 Å². The van der Waals surface area contributed by atoms with E-state index in [2.05, 4.69) is 14.6 Å². The molecular formula is C19H23N3O2S. The maximum Gasteiger partial charge on any atom is 0.271 e. The predicted molar refractivity (Wildman–Crippen MR) is 98.3 cm³/mol. The minimum atomic E-state index is -0.0309. The van der Waals surface area contributed by atoms with Gasteiger partial charge in [0, 0.05) is 18.0 Å². The molecule has 3 aliphatic heterocycles. The van der Waals surface area contributed by atoms with Crippen LogP contribution in [0.2, 0.25) is 0 Å². The Morgan fingerprint density at radius 2 is 2.12 bits per heavy atom. The standard InChI is InChI=1S/C19H23N3O2S/c23-19(20-16-10-22-7-5-13(16)6-8-22)18-15-4-3-14(9-17(15)25-21-18)24-11-12-1-2-12/h3-4,9,12-13,16H,1-2,5-8,10-11H2,(H,20,23)/t16-/m0/s1. The highest BCUT2D eigenvalue weighted by molar-refractivity contribution is 7.13. The zero-order valence-corrected chi connectivity index (χ0v) is 15.1. The number of hydrogen-bond donors (Lipinski definition) is 1. The largest absolute Gasteiger partial charge is 0.493 e. The third-order valence-corrected chi connectivity index (χ3v) is 6.62. The van der Waals surface area contributed by atoms with Gasteiger partial charge >= 0.3 is 0 Å². The Balaban J connectivity index is 1.30. The topological polar surface area (TPSA) is 54.5 Å². The monoisotopic (exact) mass is 357 g/mol. The molecule has 6 heteroatoms. The van der Waals surface area contributed by atoms with Crippen LogP contribution in [0.3, 0.4) is 0 Å². The molecule has 3 saturated heterocycles. The zero-order chi connectivity index (χ0) is 16.8. The second-order valence-electron chi connectivity index (χ2n) is 7.66. The summed E-state index contributed by atoms with van der Waals surface area (Å²) in [5, 5.41) is 4.17. The van der Waals surface area contributed by atoms with E-state index in [1.165, 1.54) is 50.3 Å². The van der Waals surface area contributed by atoms with E-state index in [9.17, 15) is 4.79 Å². The van der Waals surface area contributed by atoms with Crippen LogP contribution in [0.4, 0.5) is 0 Å². The van der Waals surface area contributed by atoms with Gasteiger partial charge < -0.3 is 15.0 Å². The first-order valence-corrected chi connectivity index (χ1v) is 10.1. The molecular weight excluding hydrogens is 334 g/mol. The van der Waals surface area contributed by atoms with Crippen molar-refractivity contribution in [3.63, 3.8) is 0 Å². The van der Waals surface area contributed by atoms with Crippen LogP contribution in [0.1, 0.15) is 36.2 Å². The SMILES string of the molecule is O=C(N[C@H]1CN2CCC1CC2)c1nsc2cc(OCC3CC3)ccc12. The summed E-state index contributed by atoms with van der Waals surface area (Å²) in [7, 11) is 0. The smallest absolute Gasteiger partial charge is 0.271 e. The van der Waals surface area contributed by atoms with Gasteiger partial charge in [0.2, 0.25) is 0 Å². The highest BCUT2D eigenvalue weighted by Gasteiger charge is 2.35. The fourth-order valence-corrected chi connectivity index (χ4v) is 4.84. The van der Waals surface area contributed by atoms with Gasteiger partial charge in [0.15, 0.2) is 0 Å². The highest BCUT2D eigenvalue weighted by Crippen LogP contribution is 2.32. The van der Waals surface area contributed by atoms with Gasteiger partial charge in [-0.05, 0) is 80.3 Å². The fourth-order valence-electron chi connectivity index (χ4n) is 4.04. The minimum Gasteiger partial charge on any atom is -0.493 e. The van der Waals surface area contributed by atoms with E-state index < -0.39 is 0 Å². The van der Waals surface area contributed by atoms with Crippen LogP contribution in [0.5, 0.6) is 5.75 Å². The number of ether oxygens (including phenoxy) is 1. The Hall–Kier alpha value is -1.66. The number of carbonyl (C=O) groups is 1. The number of nitrogens with one attached hydrogen (secondary N) is 1. The van der Waals surface area contributed by atoms with Gasteiger partial charge in [0.1, 0.15) is 11.4 Å². The summed E-state index contributed by atoms with van der Waals surface area (Å²) in [6.45, 7) is 4.15. The Morgan fingerprint density at radius 1 is 1.28 bits per heavy atom. The molecule has 1 saturated carbocycles. The third kappa shape index (κ3) is 3.13. The predicted octanol–water partition coefficient (Wildman–Crippen LogP) is 2.91. The number of amides is 1. The molecule has 0 spiro atoms. The molecule has 25 heavy (non-hydrogen) atoms. The summed E-state index contributed by atoms with van der Waals surface area (Å²) in [5.74, 6) is 2.21. The Labute approximate surface area is 151 Å². The molecule has 1 aromatic carbocycles. The lowest BCUT2D eigenvalue weighted by Gasteiger charge is -2.44. The number of nitrogens with zero attached hydrogens (tertiary/aromatic N) is 2. The number of hydrogen-bond acceptors (Lipinski definition) is 5. The second-order valence-corrected chi connectivity index (χ2v) is 8.47. The van der Waals surface area contributed by atoms with E-state index >= 15 is 0 Å². The molecule has 4 heterocycles. The molecule has 4 aliphatic rings. The molecule has 6 rings (SSSR count). The summed E-state index contributed by atoms with van der Waals surface area (Å²) in [4.78, 5) is 15.2. The Kier molecular flexibility index (Phi) is 3.90. The van der Waals surface area contributed by atoms with Crippen molar-refractivity contribution >= 4 is 27.5 Å². The number of piperidine rings is 3. The van der Waals surface area contributed by atoms with Crippen molar-refractivity contribution in [1.29, 1.82) is 0 Å². The number of rotatable bonds is 5. The van der Waals surface area contributed by atoms with Crippen LogP contribution in [-0.4, -0.2) is 47.5 Å². The van der Waals surface area contributed by atoms with Crippen molar-refractivity contribution < 1.29 is 9.53 Å². The van der Waals surface area contributed by atoms with E-state index in [-0.39, 0.29) is 11.9 Å². The van der Waals surface area contributed by atoms with Crippen molar-refractivity contribution in [3.05, 3.63) is 23.9 Å². The quantitative estimate of drug-likeness (QED) is 0.894. The van der Waals surface area contributed by atoms with Gasteiger partial charge in [-0.25, -0.2) is 0 Å². The van der Waals surface area contributed by atoms with E-state index in [0.29, 0.717) is 11.6 Å². The second kappa shape index (κ2) is 6.25. The molecule has 0 unspecified atom stereocenters. The van der Waals surface area contributed by atoms with Crippen molar-refractivity contribution in [2.45, 2.75) is 31.7 Å². The van der Waals surface area contributed by atoms with Crippen LogP contribution in [0, 0.1) is 11.8 Å². The maximum atomic E-state index is 12.8. The first kappa shape index (κ1) is 15.6. The summed E-state index contributed by atoms with van der Waals surface area (Å²) in [6, 6.07) is 6.23. The zero-order valence-electron chi connectivity index (χ0n) is 14.2. The van der Waals surface area contributed by atoms with Gasteiger partial charge in [-0.15, -0.1) is 0 Å². The first-order chi connectivity index (χ1) is 12.3. The average Bonchev–Trinajstić information content (AvgIpc) is 3.38. The summed E-state index contributed by atoms with van der Waals surface area (Å²) in [6.07, 6.45) is 4.97. The van der Waals surface area contributed by atoms with E-state index in [4.69, 9.17) is 4.74 Å². The van der Waals surface area contributed by atoms with E-state index in [1.54, 1.807) is 0 Å². The van der Waals surface area contributed by atoms with Crippen molar-refractivity contribution in [2.24, 2.45) is 11.8 Å². The van der Waals surface area contributed by atoms with Gasteiger partial charge in [0.05, 0.1) is 11.3 Å². The Bertz CT molecular complexity index is 793. The summed E-state index contributed by atoms with van der Waals surface area (Å²) >= 11 is 1.38. The van der Waals surface area contributed by atoms with Crippen LogP contribution in [-0.2, 0) is 0 Å². The lowest BCUT2D eigenvalue weighted by Crippen LogP contribution is -2.57. The molecule has 1 aromatic heterocycles. The molecule has 2 bridgehead atoms. The molecule has 2 aromatic rings. The molecule has 0 radical (unpaired) electrons. The number of aromatic nitrogens is 1. The minimum absolute atomic E-state index is 0.0309. The third-order valence-electron chi connectivity index (χ3n) is 5.81. The molecule has 1 atom stereocenters. The van der Waals surface area contributed by atoms with Gasteiger partial charge in [-0.1, -0.05) is 0 Å². The lowest BCUT2D eigenvalue weighted by molar-refractivity contribution is 0.0619. The maximum absolute atomic E-state index is 12.8. The molecule has 1 amide bonds. The number of benzene rings is 1. The lowest BCUT2D eigenvalue weighted by atomic mass is 9.84. The first-order valence-electron chi connectivity index (χ1n) is 9.32. The van der Waals surface area contributed by atoms with Crippen LogP contribution < -0.4 is 10.1 Å². The summed E-state index contributed by atoms with van der Waals surface area (Å²) < 4.78 is 11.3. The molecule has 1 aliphatic carbocycles. The van der Waals surface area contributed by atoms with Gasteiger partial charge in [-0.3, -0.25) is 4.79 Å². The Morgan fingerprint density at radius 3 is 2.84 bits per heavy atom. The molecule has 5 nitrogen and oxygen atoms in total. The highest BCUT2D eigenvalue weighted by atomic mass is 32.1. The number of carbonyl (C=O) groups excluding carboxylic acids is 1. The molecule has 1 N–H and O–H groups in total. The van der Waals surface area contributed by atoms with Crippen LogP contribution in [0.15, 0.2) is 18.2 Å². The molecule has 132 valence electrons.